The molecular formula is C12H11BrN4O3. The van der Waals surface area contributed by atoms with Crippen LogP contribution in [0.5, 0.6) is 0 Å². The van der Waals surface area contributed by atoms with Gasteiger partial charge in [0.05, 0.1) is 13.0 Å². The molecule has 0 radical (unpaired) electrons. The van der Waals surface area contributed by atoms with Crippen LogP contribution in [0.3, 0.4) is 0 Å². The maximum atomic E-state index is 12.0. The van der Waals surface area contributed by atoms with Crippen LogP contribution in [0.4, 0.5) is 5.95 Å². The molecular weight excluding hydrogens is 328 g/mol. The van der Waals surface area contributed by atoms with Gasteiger partial charge in [0, 0.05) is 23.6 Å². The van der Waals surface area contributed by atoms with Crippen LogP contribution in [-0.2, 0) is 14.3 Å². The molecule has 1 unspecified atom stereocenters. The Balaban J connectivity index is 1.91. The minimum Gasteiger partial charge on any atom is -0.469 e. The Morgan fingerprint density at radius 2 is 2.35 bits per heavy atom. The van der Waals surface area contributed by atoms with Gasteiger partial charge in [0.2, 0.25) is 5.91 Å². The minimum atomic E-state index is -0.453. The van der Waals surface area contributed by atoms with Crippen molar-refractivity contribution < 1.29 is 14.3 Å². The summed E-state index contributed by atoms with van der Waals surface area (Å²) in [5.41, 5.74) is 0.628. The number of aromatic nitrogens is 3. The summed E-state index contributed by atoms with van der Waals surface area (Å²) in [4.78, 5) is 29.2. The molecule has 0 aliphatic carbocycles. The van der Waals surface area contributed by atoms with Crippen LogP contribution in [-0.4, -0.2) is 40.1 Å². The van der Waals surface area contributed by atoms with Crippen LogP contribution in [0.25, 0.3) is 5.65 Å². The highest BCUT2D eigenvalue weighted by atomic mass is 79.9. The average molecular weight is 339 g/mol. The lowest BCUT2D eigenvalue weighted by Gasteiger charge is -2.10. The average Bonchev–Trinajstić information content (AvgIpc) is 3.00. The summed E-state index contributed by atoms with van der Waals surface area (Å²) in [5, 5.41) is 4.24. The molecule has 2 aromatic heterocycles. The van der Waals surface area contributed by atoms with E-state index in [0.717, 1.165) is 4.47 Å². The van der Waals surface area contributed by atoms with E-state index in [4.69, 9.17) is 0 Å². The van der Waals surface area contributed by atoms with E-state index in [1.165, 1.54) is 12.0 Å². The van der Waals surface area contributed by atoms with E-state index >= 15 is 0 Å². The Morgan fingerprint density at radius 3 is 3.10 bits per heavy atom. The van der Waals surface area contributed by atoms with Crippen LogP contribution in [0.2, 0.25) is 0 Å². The first-order valence-corrected chi connectivity index (χ1v) is 6.78. The van der Waals surface area contributed by atoms with Gasteiger partial charge in [0.25, 0.3) is 5.95 Å². The number of pyridine rings is 1. The molecule has 20 heavy (non-hydrogen) atoms. The molecule has 1 amide bonds. The smallest absolute Gasteiger partial charge is 0.311 e. The first kappa shape index (κ1) is 13.0. The fraction of sp³-hybridized carbons (Fsp3) is 0.333. The third kappa shape index (κ3) is 2.15. The molecule has 0 spiro atoms. The highest BCUT2D eigenvalue weighted by Gasteiger charge is 2.37. The van der Waals surface area contributed by atoms with E-state index in [-0.39, 0.29) is 24.8 Å². The topological polar surface area (TPSA) is 76.8 Å². The molecule has 7 nitrogen and oxygen atoms in total. The number of esters is 1. The van der Waals surface area contributed by atoms with Gasteiger partial charge in [-0.05, 0) is 12.1 Å². The number of ether oxygens (including phenoxy) is 1. The zero-order valence-corrected chi connectivity index (χ0v) is 12.2. The normalized spacial score (nSPS) is 18.8. The molecule has 1 aliphatic heterocycles. The zero-order valence-electron chi connectivity index (χ0n) is 10.6. The number of amides is 1. The summed E-state index contributed by atoms with van der Waals surface area (Å²) in [5.74, 6) is -0.701. The van der Waals surface area contributed by atoms with Gasteiger partial charge in [-0.3, -0.25) is 14.5 Å². The minimum absolute atomic E-state index is 0.131. The molecule has 0 N–H and O–H groups in total. The molecule has 3 heterocycles. The Kier molecular flexibility index (Phi) is 3.17. The van der Waals surface area contributed by atoms with Gasteiger partial charge < -0.3 is 4.74 Å². The summed E-state index contributed by atoms with van der Waals surface area (Å²) in [7, 11) is 1.32. The quantitative estimate of drug-likeness (QED) is 0.764. The first-order valence-electron chi connectivity index (χ1n) is 5.98. The second-order valence-corrected chi connectivity index (χ2v) is 5.40. The standard InChI is InChI=1S/C12H11BrN4O3/c1-20-11(19)7-4-10(18)16(6-7)12-14-9-5-8(13)2-3-17(9)15-12/h2-3,5,7H,4,6H2,1H3. The maximum absolute atomic E-state index is 12.0. The van der Waals surface area contributed by atoms with Gasteiger partial charge in [-0.25, -0.2) is 4.52 Å². The number of fused-ring (bicyclic) bond motifs is 1. The highest BCUT2D eigenvalue weighted by Crippen LogP contribution is 2.24. The van der Waals surface area contributed by atoms with Crippen LogP contribution < -0.4 is 4.90 Å². The number of halogens is 1. The van der Waals surface area contributed by atoms with Gasteiger partial charge in [0.15, 0.2) is 5.65 Å². The van der Waals surface area contributed by atoms with Crippen LogP contribution in [0.1, 0.15) is 6.42 Å². The molecule has 0 aromatic carbocycles. The van der Waals surface area contributed by atoms with E-state index in [0.29, 0.717) is 11.6 Å². The van der Waals surface area contributed by atoms with Crippen molar-refractivity contribution in [1.29, 1.82) is 0 Å². The van der Waals surface area contributed by atoms with Gasteiger partial charge in [-0.1, -0.05) is 15.9 Å². The van der Waals surface area contributed by atoms with Crippen LogP contribution in [0.15, 0.2) is 22.8 Å². The molecule has 0 bridgehead atoms. The first-order chi connectivity index (χ1) is 9.58. The third-order valence-corrected chi connectivity index (χ3v) is 3.68. The number of rotatable bonds is 2. The van der Waals surface area contributed by atoms with Crippen molar-refractivity contribution in [2.24, 2.45) is 5.92 Å². The van der Waals surface area contributed by atoms with Gasteiger partial charge in [-0.15, -0.1) is 5.10 Å². The third-order valence-electron chi connectivity index (χ3n) is 3.19. The van der Waals surface area contributed by atoms with E-state index in [1.807, 2.05) is 6.07 Å². The maximum Gasteiger partial charge on any atom is 0.311 e. The van der Waals surface area contributed by atoms with Gasteiger partial charge in [-0.2, -0.15) is 4.98 Å². The summed E-state index contributed by atoms with van der Waals surface area (Å²) in [6.45, 7) is 0.254. The van der Waals surface area contributed by atoms with E-state index in [2.05, 4.69) is 30.7 Å². The summed E-state index contributed by atoms with van der Waals surface area (Å²) >= 11 is 3.35. The molecule has 1 atom stereocenters. The fourth-order valence-electron chi connectivity index (χ4n) is 2.18. The lowest BCUT2D eigenvalue weighted by molar-refractivity contribution is -0.145. The van der Waals surface area contributed by atoms with Crippen molar-refractivity contribution in [3.63, 3.8) is 0 Å². The van der Waals surface area contributed by atoms with Crippen LogP contribution in [0, 0.1) is 5.92 Å². The molecule has 1 aliphatic rings. The van der Waals surface area contributed by atoms with Crippen LogP contribution >= 0.6 is 15.9 Å². The molecule has 104 valence electrons. The van der Waals surface area contributed by atoms with Crippen molar-refractivity contribution in [1.82, 2.24) is 14.6 Å². The molecule has 1 fully saturated rings. The van der Waals surface area contributed by atoms with E-state index < -0.39 is 5.92 Å². The predicted molar refractivity (Wildman–Crippen MR) is 73.2 cm³/mol. The van der Waals surface area contributed by atoms with Crippen molar-refractivity contribution in [3.8, 4) is 0 Å². The van der Waals surface area contributed by atoms with Crippen molar-refractivity contribution in [2.45, 2.75) is 6.42 Å². The Hall–Kier alpha value is -1.96. The fourth-order valence-corrected chi connectivity index (χ4v) is 2.51. The zero-order chi connectivity index (χ0) is 14.3. The molecule has 1 saturated heterocycles. The number of anilines is 1. The van der Waals surface area contributed by atoms with Crippen molar-refractivity contribution >= 4 is 39.4 Å². The molecule has 2 aromatic rings. The monoisotopic (exact) mass is 338 g/mol. The SMILES string of the molecule is COC(=O)C1CC(=O)N(c2nc3cc(Br)ccn3n2)C1. The summed E-state index contributed by atoms with van der Waals surface area (Å²) < 4.78 is 7.13. The van der Waals surface area contributed by atoms with E-state index in [9.17, 15) is 9.59 Å². The lowest BCUT2D eigenvalue weighted by Crippen LogP contribution is -2.27. The number of hydrogen-bond acceptors (Lipinski definition) is 5. The van der Waals surface area contributed by atoms with Gasteiger partial charge in [0.1, 0.15) is 0 Å². The number of carbonyl (C=O) groups excluding carboxylic acids is 2. The molecule has 8 heteroatoms. The van der Waals surface area contributed by atoms with Gasteiger partial charge >= 0.3 is 5.97 Å². The Labute approximate surface area is 122 Å². The Bertz CT molecular complexity index is 699. The molecule has 0 saturated carbocycles. The highest BCUT2D eigenvalue weighted by molar-refractivity contribution is 9.10. The largest absolute Gasteiger partial charge is 0.469 e. The summed E-state index contributed by atoms with van der Waals surface area (Å²) in [6, 6.07) is 3.63. The second-order valence-electron chi connectivity index (χ2n) is 4.49. The Morgan fingerprint density at radius 1 is 1.55 bits per heavy atom. The summed E-state index contributed by atoms with van der Waals surface area (Å²) in [6.07, 6.45) is 1.88. The number of carbonyl (C=O) groups is 2. The number of nitrogens with zero attached hydrogens (tertiary/aromatic N) is 4. The van der Waals surface area contributed by atoms with Crippen molar-refractivity contribution in [3.05, 3.63) is 22.8 Å². The lowest BCUT2D eigenvalue weighted by atomic mass is 10.1. The number of methoxy groups -OCH3 is 1. The number of hydrogen-bond donors (Lipinski definition) is 0. The second kappa shape index (κ2) is 4.86. The predicted octanol–water partition coefficient (Wildman–Crippen LogP) is 1.02. The van der Waals surface area contributed by atoms with E-state index in [1.54, 1.807) is 16.8 Å². The molecule has 3 rings (SSSR count). The van der Waals surface area contributed by atoms with Crippen molar-refractivity contribution in [2.75, 3.05) is 18.6 Å².